The van der Waals surface area contributed by atoms with Gasteiger partial charge in [-0.25, -0.2) is 0 Å². The Morgan fingerprint density at radius 1 is 0.346 bits per heavy atom. The third-order valence-electron chi connectivity index (χ3n) is 15.7. The largest absolute Gasteiger partial charge is 0.374 e. The Morgan fingerprint density at radius 2 is 0.590 bits per heavy atom. The van der Waals surface area contributed by atoms with Crippen molar-refractivity contribution in [2.45, 2.75) is 295 Å². The SMILES string of the molecule is CCCCCCCCCCCCCCCCCCOC(CN(C)C(=O)C(CCCNCCCN)NCCCN)C(CN(C)C(=O)C(CCCNCCCN)NCCCN)OCCCCCCCCCCCCCCCCCC. The minimum Gasteiger partial charge on any atom is -0.374 e. The van der Waals surface area contributed by atoms with E-state index in [2.05, 4.69) is 35.1 Å². The molecular weight excluding hydrogens is 973 g/mol. The molecular formula is C64H136N10O4. The normalized spacial score (nSPS) is 13.3. The smallest absolute Gasteiger partial charge is 0.239 e. The molecule has 0 saturated carbocycles. The molecule has 0 heterocycles. The Morgan fingerprint density at radius 3 is 0.859 bits per heavy atom. The van der Waals surface area contributed by atoms with E-state index in [9.17, 15) is 9.59 Å². The quantitative estimate of drug-likeness (QED) is 0.0268. The van der Waals surface area contributed by atoms with Gasteiger partial charge in [0.05, 0.1) is 12.1 Å². The number of nitrogens with two attached hydrogens (primary N) is 4. The number of nitrogens with zero attached hydrogens (tertiary/aromatic N) is 2. The molecule has 2 amide bonds. The molecule has 4 atom stereocenters. The number of nitrogens with one attached hydrogen (secondary N) is 4. The highest BCUT2D eigenvalue weighted by Gasteiger charge is 2.32. The van der Waals surface area contributed by atoms with E-state index >= 15 is 0 Å². The van der Waals surface area contributed by atoms with Crippen LogP contribution in [0.5, 0.6) is 0 Å². The number of unbranched alkanes of at least 4 members (excludes halogenated alkanes) is 30. The molecule has 4 unspecified atom stereocenters. The first-order valence-electron chi connectivity index (χ1n) is 33.7. The summed E-state index contributed by atoms with van der Waals surface area (Å²) in [5, 5.41) is 14.0. The van der Waals surface area contributed by atoms with E-state index in [1.165, 1.54) is 180 Å². The molecule has 0 spiro atoms. The molecule has 0 saturated heterocycles. The van der Waals surface area contributed by atoms with Crippen LogP contribution in [0.15, 0.2) is 0 Å². The van der Waals surface area contributed by atoms with Crippen molar-refractivity contribution < 1.29 is 19.1 Å². The van der Waals surface area contributed by atoms with Crippen LogP contribution >= 0.6 is 0 Å². The average Bonchev–Trinajstić information content (AvgIpc) is 3.45. The summed E-state index contributed by atoms with van der Waals surface area (Å²) in [7, 11) is 3.82. The van der Waals surface area contributed by atoms with E-state index in [0.717, 1.165) is 90.4 Å². The summed E-state index contributed by atoms with van der Waals surface area (Å²) in [5.41, 5.74) is 23.3. The number of carbonyl (C=O) groups is 2. The molecule has 0 aromatic heterocycles. The Labute approximate surface area is 483 Å². The number of likely N-dealkylation sites (N-methyl/N-ethyl adjacent to an activating group) is 2. The van der Waals surface area contributed by atoms with E-state index in [0.29, 0.717) is 78.4 Å². The van der Waals surface area contributed by atoms with Gasteiger partial charge in [-0.15, -0.1) is 0 Å². The van der Waals surface area contributed by atoms with Crippen molar-refractivity contribution >= 4 is 11.8 Å². The Bertz CT molecular complexity index is 1140. The van der Waals surface area contributed by atoms with Crippen molar-refractivity contribution in [1.82, 2.24) is 31.1 Å². The second-order valence-electron chi connectivity index (χ2n) is 23.2. The van der Waals surface area contributed by atoms with Crippen LogP contribution in [-0.4, -0.2) is 152 Å². The highest BCUT2D eigenvalue weighted by atomic mass is 16.5. The van der Waals surface area contributed by atoms with Crippen LogP contribution < -0.4 is 44.2 Å². The summed E-state index contributed by atoms with van der Waals surface area (Å²) in [5.74, 6) is 0.102. The number of amides is 2. The summed E-state index contributed by atoms with van der Waals surface area (Å²) in [4.78, 5) is 32.6. The zero-order valence-electron chi connectivity index (χ0n) is 52.3. The molecule has 0 radical (unpaired) electrons. The molecule has 0 fully saturated rings. The molecule has 78 heavy (non-hydrogen) atoms. The molecule has 0 aliphatic rings. The molecule has 14 heteroatoms. The van der Waals surface area contributed by atoms with Gasteiger partial charge in [-0.1, -0.05) is 206 Å². The van der Waals surface area contributed by atoms with Crippen LogP contribution in [0.4, 0.5) is 0 Å². The molecule has 0 aliphatic heterocycles. The van der Waals surface area contributed by atoms with Crippen LogP contribution in [0.2, 0.25) is 0 Å². The summed E-state index contributed by atoms with van der Waals surface area (Å²) >= 11 is 0. The van der Waals surface area contributed by atoms with E-state index in [1.54, 1.807) is 0 Å². The lowest BCUT2D eigenvalue weighted by atomic mass is 10.0. The second-order valence-corrected chi connectivity index (χ2v) is 23.2. The predicted molar refractivity (Wildman–Crippen MR) is 336 cm³/mol. The van der Waals surface area contributed by atoms with Crippen molar-refractivity contribution in [3.05, 3.63) is 0 Å². The fourth-order valence-corrected chi connectivity index (χ4v) is 10.5. The van der Waals surface area contributed by atoms with Gasteiger partial charge in [-0.3, -0.25) is 9.59 Å². The molecule has 0 rings (SSSR count). The van der Waals surface area contributed by atoms with Crippen LogP contribution in [0.25, 0.3) is 0 Å². The van der Waals surface area contributed by atoms with Gasteiger partial charge in [0, 0.05) is 40.4 Å². The van der Waals surface area contributed by atoms with Crippen molar-refractivity contribution in [2.75, 3.05) is 106 Å². The van der Waals surface area contributed by atoms with E-state index in [1.807, 2.05) is 23.9 Å². The average molecular weight is 1110 g/mol. The molecule has 0 aromatic rings. The minimum absolute atomic E-state index is 0.0511. The van der Waals surface area contributed by atoms with E-state index in [4.69, 9.17) is 32.4 Å². The van der Waals surface area contributed by atoms with Crippen molar-refractivity contribution in [3.8, 4) is 0 Å². The maximum atomic E-state index is 14.5. The van der Waals surface area contributed by atoms with Crippen molar-refractivity contribution in [1.29, 1.82) is 0 Å². The highest BCUT2D eigenvalue weighted by Crippen LogP contribution is 2.18. The van der Waals surface area contributed by atoms with Gasteiger partial charge in [0.2, 0.25) is 11.8 Å². The zero-order valence-corrected chi connectivity index (χ0v) is 52.3. The number of ether oxygens (including phenoxy) is 2. The third-order valence-corrected chi connectivity index (χ3v) is 15.7. The van der Waals surface area contributed by atoms with Crippen LogP contribution in [0.1, 0.15) is 271 Å². The van der Waals surface area contributed by atoms with Crippen LogP contribution in [0, 0.1) is 0 Å². The van der Waals surface area contributed by atoms with Crippen molar-refractivity contribution in [2.24, 2.45) is 22.9 Å². The first-order chi connectivity index (χ1) is 38.3. The standard InChI is InChI=1S/C64H136N10O4/c1-5-7-9-11-13-15-17-19-21-23-25-27-29-31-33-35-55-77-61(57-73(3)63(75)59(71-53-41-47-67)43-37-49-69-51-39-45-65)62(58-74(4)64(76)60(72-54-42-48-68)44-38-50-70-52-40-46-66)78-56-36-34-32-30-28-26-24-22-20-18-16-14-12-10-8-6-2/h59-62,69-72H,5-58,65-68H2,1-4H3. The van der Waals surface area contributed by atoms with Gasteiger partial charge < -0.3 is 63.5 Å². The highest BCUT2D eigenvalue weighted by molar-refractivity contribution is 5.82. The Balaban J connectivity index is 6.01. The zero-order chi connectivity index (χ0) is 57.0. The van der Waals surface area contributed by atoms with Crippen LogP contribution in [0.3, 0.4) is 0 Å². The fraction of sp³-hybridized carbons (Fsp3) is 0.969. The van der Waals surface area contributed by atoms with Gasteiger partial charge >= 0.3 is 0 Å². The van der Waals surface area contributed by atoms with Gasteiger partial charge in [0.25, 0.3) is 0 Å². The maximum Gasteiger partial charge on any atom is 0.239 e. The van der Waals surface area contributed by atoms with E-state index < -0.39 is 12.2 Å². The molecule has 0 bridgehead atoms. The fourth-order valence-electron chi connectivity index (χ4n) is 10.5. The summed E-state index contributed by atoms with van der Waals surface area (Å²) < 4.78 is 13.8. The number of hydrogen-bond donors (Lipinski definition) is 8. The molecule has 14 nitrogen and oxygen atoms in total. The lowest BCUT2D eigenvalue weighted by molar-refractivity contribution is -0.143. The molecule has 0 aliphatic carbocycles. The maximum absolute atomic E-state index is 14.5. The topological polar surface area (TPSA) is 211 Å². The van der Waals surface area contributed by atoms with Crippen LogP contribution in [-0.2, 0) is 19.1 Å². The predicted octanol–water partition coefficient (Wildman–Crippen LogP) is 11.2. The summed E-state index contributed by atoms with van der Waals surface area (Å²) in [6.07, 6.45) is 47.9. The lowest BCUT2D eigenvalue weighted by Crippen LogP contribution is -2.53. The molecule has 0 aromatic carbocycles. The molecule has 12 N–H and O–H groups in total. The Kier molecular flexibility index (Phi) is 60.5. The number of carbonyl (C=O) groups excluding carboxylic acids is 2. The van der Waals surface area contributed by atoms with Crippen molar-refractivity contribution in [3.63, 3.8) is 0 Å². The number of hydrogen-bond acceptors (Lipinski definition) is 12. The van der Waals surface area contributed by atoms with Gasteiger partial charge in [0.1, 0.15) is 12.2 Å². The van der Waals surface area contributed by atoms with Gasteiger partial charge in [0.15, 0.2) is 0 Å². The lowest BCUT2D eigenvalue weighted by Gasteiger charge is -2.35. The summed E-state index contributed by atoms with van der Waals surface area (Å²) in [6, 6.07) is -0.671. The number of rotatable bonds is 65. The molecule has 466 valence electrons. The summed E-state index contributed by atoms with van der Waals surface area (Å²) in [6.45, 7) is 13.8. The first-order valence-corrected chi connectivity index (χ1v) is 33.7. The second kappa shape index (κ2) is 61.6. The van der Waals surface area contributed by atoms with Gasteiger partial charge in [-0.2, -0.15) is 0 Å². The first kappa shape index (κ1) is 76.5. The third kappa shape index (κ3) is 49.2. The Hall–Kier alpha value is -1.46. The monoisotopic (exact) mass is 1110 g/mol. The van der Waals surface area contributed by atoms with Gasteiger partial charge in [-0.05, 0) is 130 Å². The minimum atomic E-state index is -0.412. The van der Waals surface area contributed by atoms with E-state index in [-0.39, 0.29) is 23.9 Å².